The highest BCUT2D eigenvalue weighted by Crippen LogP contribution is 2.26. The van der Waals surface area contributed by atoms with Crippen LogP contribution < -0.4 is 5.32 Å². The van der Waals surface area contributed by atoms with Gasteiger partial charge in [0.15, 0.2) is 0 Å². The van der Waals surface area contributed by atoms with Crippen molar-refractivity contribution in [2.45, 2.75) is 5.88 Å². The van der Waals surface area contributed by atoms with Crippen molar-refractivity contribution in [2.24, 2.45) is 0 Å². The van der Waals surface area contributed by atoms with Gasteiger partial charge in [0.1, 0.15) is 11.5 Å². The Morgan fingerprint density at radius 2 is 1.84 bits per heavy atom. The molecule has 0 bridgehead atoms. The van der Waals surface area contributed by atoms with E-state index >= 15 is 0 Å². The summed E-state index contributed by atoms with van der Waals surface area (Å²) in [5.74, 6) is -0.475. The van der Waals surface area contributed by atoms with Crippen molar-refractivity contribution >= 4 is 23.2 Å². The number of alkyl halides is 1. The van der Waals surface area contributed by atoms with Crippen molar-refractivity contribution in [3.8, 4) is 23.0 Å². The third kappa shape index (κ3) is 4.47. The summed E-state index contributed by atoms with van der Waals surface area (Å²) in [7, 11) is 0. The van der Waals surface area contributed by atoms with Crippen LogP contribution in [0.2, 0.25) is 0 Å². The zero-order valence-electron chi connectivity index (χ0n) is 16.2. The zero-order valence-corrected chi connectivity index (χ0v) is 17.0. The minimum absolute atomic E-state index is 0.326. The van der Waals surface area contributed by atoms with Crippen molar-refractivity contribution in [1.29, 1.82) is 5.26 Å². The smallest absolute Gasteiger partial charge is 0.259 e. The highest BCUT2D eigenvalue weighted by Gasteiger charge is 2.19. The highest BCUT2D eigenvalue weighted by atomic mass is 35.5. The van der Waals surface area contributed by atoms with Gasteiger partial charge in [-0.25, -0.2) is 9.07 Å². The van der Waals surface area contributed by atoms with Gasteiger partial charge in [0.05, 0.1) is 22.9 Å². The van der Waals surface area contributed by atoms with Crippen molar-refractivity contribution in [2.75, 3.05) is 5.32 Å². The van der Waals surface area contributed by atoms with Crippen LogP contribution in [0.25, 0.3) is 16.9 Å². The number of amides is 1. The summed E-state index contributed by atoms with van der Waals surface area (Å²) in [5.41, 5.74) is 4.05. The Kier molecular flexibility index (Phi) is 5.78. The molecule has 0 spiro atoms. The summed E-state index contributed by atoms with van der Waals surface area (Å²) in [6.07, 6.45) is 1.61. The summed E-state index contributed by atoms with van der Waals surface area (Å²) in [4.78, 5) is 13.0. The molecule has 4 aromatic rings. The first-order chi connectivity index (χ1) is 15.1. The molecule has 0 aliphatic rings. The molecule has 1 amide bonds. The third-order valence-corrected chi connectivity index (χ3v) is 4.99. The van der Waals surface area contributed by atoms with Crippen LogP contribution in [-0.2, 0) is 5.88 Å². The molecule has 4 rings (SSSR count). The van der Waals surface area contributed by atoms with Crippen molar-refractivity contribution in [3.05, 3.63) is 102 Å². The molecule has 0 unspecified atom stereocenters. The van der Waals surface area contributed by atoms with Crippen LogP contribution in [0.4, 0.5) is 10.1 Å². The number of nitriles is 1. The van der Waals surface area contributed by atoms with Crippen molar-refractivity contribution in [3.63, 3.8) is 0 Å². The maximum Gasteiger partial charge on any atom is 0.259 e. The number of carbonyl (C=O) groups excluding carboxylic acids is 1. The number of nitrogens with one attached hydrogen (secondary N) is 1. The maximum atomic E-state index is 13.5. The van der Waals surface area contributed by atoms with Gasteiger partial charge in [0.25, 0.3) is 5.91 Å². The van der Waals surface area contributed by atoms with Gasteiger partial charge in [0, 0.05) is 23.3 Å². The second kappa shape index (κ2) is 8.82. The molecule has 1 N–H and O–H groups in total. The molecule has 3 aromatic carbocycles. The van der Waals surface area contributed by atoms with Crippen LogP contribution in [0.3, 0.4) is 0 Å². The number of nitrogens with zero attached hydrogens (tertiary/aromatic N) is 3. The first kappa shape index (κ1) is 20.3. The number of aromatic nitrogens is 2. The summed E-state index contributed by atoms with van der Waals surface area (Å²) in [6.45, 7) is 0. The number of rotatable bonds is 5. The van der Waals surface area contributed by atoms with Crippen molar-refractivity contribution in [1.82, 2.24) is 9.78 Å². The summed E-state index contributed by atoms with van der Waals surface area (Å²) in [5, 5.41) is 16.3. The summed E-state index contributed by atoms with van der Waals surface area (Å²) in [6, 6.07) is 22.1. The predicted molar refractivity (Wildman–Crippen MR) is 118 cm³/mol. The normalized spacial score (nSPS) is 10.5. The van der Waals surface area contributed by atoms with E-state index in [1.165, 1.54) is 18.2 Å². The molecule has 7 heteroatoms. The number of benzene rings is 3. The number of anilines is 1. The van der Waals surface area contributed by atoms with Crippen LogP contribution >= 0.6 is 11.6 Å². The van der Waals surface area contributed by atoms with Gasteiger partial charge in [0.2, 0.25) is 0 Å². The number of carbonyl (C=O) groups is 1. The quantitative estimate of drug-likeness (QED) is 0.422. The molecular formula is C24H16ClFN4O. The molecular weight excluding hydrogens is 415 g/mol. The van der Waals surface area contributed by atoms with E-state index in [4.69, 9.17) is 16.9 Å². The monoisotopic (exact) mass is 430 g/mol. The van der Waals surface area contributed by atoms with Crippen LogP contribution in [0, 0.1) is 17.1 Å². The number of halogens is 2. The minimum atomic E-state index is -0.442. The van der Waals surface area contributed by atoms with Crippen molar-refractivity contribution < 1.29 is 9.18 Å². The molecule has 0 radical (unpaired) electrons. The largest absolute Gasteiger partial charge is 0.322 e. The fraction of sp³-hybridized carbons (Fsp3) is 0.0417. The lowest BCUT2D eigenvalue weighted by Gasteiger charge is -2.06. The Morgan fingerprint density at radius 3 is 2.48 bits per heavy atom. The van der Waals surface area contributed by atoms with E-state index in [0.717, 1.165) is 11.1 Å². The number of hydrogen-bond acceptors (Lipinski definition) is 3. The standard InChI is InChI=1S/C24H16ClFN4O/c25-13-16-4-8-18(9-5-16)23-22(24(31)28-20-3-1-2-19(26)12-20)15-30(29-23)21-10-6-17(14-27)7-11-21/h1-12,15H,13H2,(H,28,31). The Bertz CT molecular complexity index is 1270. The van der Waals surface area contributed by atoms with Crippen LogP contribution in [-0.4, -0.2) is 15.7 Å². The SMILES string of the molecule is N#Cc1ccc(-n2cc(C(=O)Nc3cccc(F)c3)c(-c3ccc(CCl)cc3)n2)cc1. The molecule has 31 heavy (non-hydrogen) atoms. The van der Waals surface area contributed by atoms with Crippen LogP contribution in [0.15, 0.2) is 79.0 Å². The average Bonchev–Trinajstić information content (AvgIpc) is 3.25. The van der Waals surface area contributed by atoms with E-state index in [2.05, 4.69) is 16.5 Å². The van der Waals surface area contributed by atoms with Gasteiger partial charge in [-0.3, -0.25) is 4.79 Å². The summed E-state index contributed by atoms with van der Waals surface area (Å²) >= 11 is 5.88. The van der Waals surface area contributed by atoms with Gasteiger partial charge in [-0.05, 0) is 48.0 Å². The molecule has 0 fully saturated rings. The van der Waals surface area contributed by atoms with E-state index in [1.807, 2.05) is 24.3 Å². The Labute approximate surface area is 183 Å². The second-order valence-electron chi connectivity index (χ2n) is 6.79. The third-order valence-electron chi connectivity index (χ3n) is 4.68. The lowest BCUT2D eigenvalue weighted by Crippen LogP contribution is -2.12. The van der Waals surface area contributed by atoms with Crippen LogP contribution in [0.5, 0.6) is 0 Å². The summed E-state index contributed by atoms with van der Waals surface area (Å²) < 4.78 is 15.1. The van der Waals surface area contributed by atoms with E-state index < -0.39 is 11.7 Å². The van der Waals surface area contributed by atoms with E-state index in [1.54, 1.807) is 41.2 Å². The van der Waals surface area contributed by atoms with E-state index in [-0.39, 0.29) is 0 Å². The lowest BCUT2D eigenvalue weighted by atomic mass is 10.1. The predicted octanol–water partition coefficient (Wildman–Crippen LogP) is 5.54. The molecule has 0 saturated heterocycles. The number of hydrogen-bond donors (Lipinski definition) is 1. The zero-order chi connectivity index (χ0) is 21.8. The first-order valence-electron chi connectivity index (χ1n) is 9.40. The Morgan fingerprint density at radius 1 is 1.10 bits per heavy atom. The van der Waals surface area contributed by atoms with Gasteiger partial charge < -0.3 is 5.32 Å². The van der Waals surface area contributed by atoms with Gasteiger partial charge >= 0.3 is 0 Å². The minimum Gasteiger partial charge on any atom is -0.322 e. The van der Waals surface area contributed by atoms with Gasteiger partial charge in [-0.15, -0.1) is 11.6 Å². The first-order valence-corrected chi connectivity index (χ1v) is 9.93. The van der Waals surface area contributed by atoms with Crippen LogP contribution in [0.1, 0.15) is 21.5 Å². The lowest BCUT2D eigenvalue weighted by molar-refractivity contribution is 0.102. The Balaban J connectivity index is 1.76. The molecule has 152 valence electrons. The average molecular weight is 431 g/mol. The second-order valence-corrected chi connectivity index (χ2v) is 7.06. The van der Waals surface area contributed by atoms with Gasteiger partial charge in [-0.2, -0.15) is 10.4 Å². The molecule has 1 heterocycles. The molecule has 0 aliphatic heterocycles. The molecule has 0 saturated carbocycles. The molecule has 5 nitrogen and oxygen atoms in total. The fourth-order valence-electron chi connectivity index (χ4n) is 3.09. The fourth-order valence-corrected chi connectivity index (χ4v) is 3.27. The molecule has 0 atom stereocenters. The van der Waals surface area contributed by atoms with Gasteiger partial charge in [-0.1, -0.05) is 30.3 Å². The topological polar surface area (TPSA) is 70.7 Å². The molecule has 1 aromatic heterocycles. The van der Waals surface area contributed by atoms with E-state index in [0.29, 0.717) is 34.1 Å². The maximum absolute atomic E-state index is 13.5. The highest BCUT2D eigenvalue weighted by molar-refractivity contribution is 6.17. The van der Waals surface area contributed by atoms with E-state index in [9.17, 15) is 9.18 Å². The Hall–Kier alpha value is -3.95. The molecule has 0 aliphatic carbocycles.